The molecule has 2 aromatic rings. The molecule has 114 valence electrons. The van der Waals surface area contributed by atoms with Crippen LogP contribution in [0.1, 0.15) is 21.5 Å². The van der Waals surface area contributed by atoms with Gasteiger partial charge in [0.25, 0.3) is 11.6 Å². The second kappa shape index (κ2) is 7.00. The third kappa shape index (κ3) is 3.80. The van der Waals surface area contributed by atoms with E-state index < -0.39 is 4.92 Å². The predicted octanol–water partition coefficient (Wildman–Crippen LogP) is 3.02. The van der Waals surface area contributed by atoms with Crippen LogP contribution >= 0.6 is 0 Å². The number of allylic oxidation sites excluding steroid dienone is 1. The number of nitrogens with zero attached hydrogens (tertiary/aromatic N) is 2. The van der Waals surface area contributed by atoms with Crippen LogP contribution in [0.3, 0.4) is 0 Å². The van der Waals surface area contributed by atoms with Crippen molar-refractivity contribution in [1.82, 2.24) is 5.32 Å². The number of nitro groups is 1. The maximum Gasteiger partial charge on any atom is 0.269 e. The number of nitro benzene ring substituents is 1. The number of rotatable bonds is 4. The molecule has 0 aliphatic rings. The van der Waals surface area contributed by atoms with E-state index in [1.165, 1.54) is 24.3 Å². The number of nitriles is 1. The first-order chi connectivity index (χ1) is 11.0. The van der Waals surface area contributed by atoms with E-state index >= 15 is 0 Å². The van der Waals surface area contributed by atoms with Gasteiger partial charge in [0, 0.05) is 24.7 Å². The van der Waals surface area contributed by atoms with E-state index in [-0.39, 0.29) is 11.6 Å². The maximum absolute atomic E-state index is 11.5. The first-order valence-corrected chi connectivity index (χ1v) is 6.74. The predicted molar refractivity (Wildman–Crippen MR) is 86.4 cm³/mol. The molecule has 0 heterocycles. The number of nitrogens with one attached hydrogen (secondary N) is 1. The van der Waals surface area contributed by atoms with Gasteiger partial charge in [0.2, 0.25) is 0 Å². The van der Waals surface area contributed by atoms with Crippen LogP contribution in [-0.4, -0.2) is 17.9 Å². The molecular weight excluding hydrogens is 294 g/mol. The van der Waals surface area contributed by atoms with Crippen molar-refractivity contribution in [1.29, 1.82) is 5.26 Å². The second-order valence-corrected chi connectivity index (χ2v) is 4.67. The molecule has 0 aliphatic heterocycles. The zero-order valence-corrected chi connectivity index (χ0v) is 12.3. The van der Waals surface area contributed by atoms with Crippen molar-refractivity contribution in [2.45, 2.75) is 0 Å². The number of carbonyl (C=O) groups excluding carboxylic acids is 1. The molecule has 0 saturated carbocycles. The van der Waals surface area contributed by atoms with Crippen LogP contribution in [0.4, 0.5) is 5.69 Å². The fourth-order valence-corrected chi connectivity index (χ4v) is 1.98. The molecule has 6 nitrogen and oxygen atoms in total. The van der Waals surface area contributed by atoms with E-state index in [4.69, 9.17) is 0 Å². The van der Waals surface area contributed by atoms with Gasteiger partial charge in [-0.1, -0.05) is 12.1 Å². The number of hydrogen-bond acceptors (Lipinski definition) is 4. The molecule has 0 radical (unpaired) electrons. The monoisotopic (exact) mass is 307 g/mol. The van der Waals surface area contributed by atoms with Crippen molar-refractivity contribution < 1.29 is 9.72 Å². The molecule has 0 aliphatic carbocycles. The van der Waals surface area contributed by atoms with Gasteiger partial charge in [-0.15, -0.1) is 0 Å². The van der Waals surface area contributed by atoms with Crippen molar-refractivity contribution in [3.63, 3.8) is 0 Å². The van der Waals surface area contributed by atoms with Gasteiger partial charge in [-0.3, -0.25) is 14.9 Å². The third-order valence-corrected chi connectivity index (χ3v) is 3.22. The molecule has 0 saturated heterocycles. The van der Waals surface area contributed by atoms with Crippen molar-refractivity contribution in [2.75, 3.05) is 7.05 Å². The normalized spacial score (nSPS) is 10.7. The summed E-state index contributed by atoms with van der Waals surface area (Å²) in [6, 6.07) is 14.6. The Morgan fingerprint density at radius 1 is 1.13 bits per heavy atom. The molecule has 0 unspecified atom stereocenters. The van der Waals surface area contributed by atoms with Crippen LogP contribution in [-0.2, 0) is 0 Å². The lowest BCUT2D eigenvalue weighted by atomic mass is 10.0. The van der Waals surface area contributed by atoms with Gasteiger partial charge in [-0.25, -0.2) is 0 Å². The van der Waals surface area contributed by atoms with Crippen molar-refractivity contribution >= 4 is 23.2 Å². The Labute approximate surface area is 132 Å². The largest absolute Gasteiger partial charge is 0.355 e. The Balaban J connectivity index is 2.30. The molecule has 0 aromatic heterocycles. The van der Waals surface area contributed by atoms with E-state index in [1.54, 1.807) is 37.4 Å². The van der Waals surface area contributed by atoms with Gasteiger partial charge in [0.15, 0.2) is 0 Å². The lowest BCUT2D eigenvalue weighted by molar-refractivity contribution is -0.384. The highest BCUT2D eigenvalue weighted by molar-refractivity contribution is 5.95. The molecule has 0 spiro atoms. The first kappa shape index (κ1) is 15.9. The van der Waals surface area contributed by atoms with Crippen molar-refractivity contribution in [3.8, 4) is 6.07 Å². The Kier molecular flexibility index (Phi) is 4.85. The van der Waals surface area contributed by atoms with Crippen LogP contribution < -0.4 is 5.32 Å². The lowest BCUT2D eigenvalue weighted by Crippen LogP contribution is -2.17. The van der Waals surface area contributed by atoms with Gasteiger partial charge in [-0.2, -0.15) is 5.26 Å². The summed E-state index contributed by atoms with van der Waals surface area (Å²) in [5.41, 5.74) is 2.23. The van der Waals surface area contributed by atoms with E-state index in [0.29, 0.717) is 16.7 Å². The molecule has 2 rings (SSSR count). The molecule has 2 aromatic carbocycles. The highest BCUT2D eigenvalue weighted by atomic mass is 16.6. The highest BCUT2D eigenvalue weighted by Gasteiger charge is 2.07. The number of amides is 1. The SMILES string of the molecule is CNC(=O)c1ccc(/C=C(/C#N)c2ccc([N+](=O)[O-])cc2)cc1. The number of hydrogen-bond donors (Lipinski definition) is 1. The van der Waals surface area contributed by atoms with Crippen LogP contribution in [0.2, 0.25) is 0 Å². The van der Waals surface area contributed by atoms with Gasteiger partial charge < -0.3 is 5.32 Å². The zero-order valence-electron chi connectivity index (χ0n) is 12.3. The van der Waals surface area contributed by atoms with Gasteiger partial charge >= 0.3 is 0 Å². The fraction of sp³-hybridized carbons (Fsp3) is 0.0588. The average Bonchev–Trinajstić information content (AvgIpc) is 2.59. The van der Waals surface area contributed by atoms with E-state index in [1.807, 2.05) is 0 Å². The summed E-state index contributed by atoms with van der Waals surface area (Å²) in [6.45, 7) is 0. The summed E-state index contributed by atoms with van der Waals surface area (Å²) in [5.74, 6) is -0.184. The molecule has 1 N–H and O–H groups in total. The van der Waals surface area contributed by atoms with Crippen LogP contribution in [0.25, 0.3) is 11.6 Å². The molecule has 0 fully saturated rings. The van der Waals surface area contributed by atoms with Crippen LogP contribution in [0.15, 0.2) is 48.5 Å². The van der Waals surface area contributed by atoms with Gasteiger partial charge in [0.1, 0.15) is 0 Å². The minimum Gasteiger partial charge on any atom is -0.355 e. The zero-order chi connectivity index (χ0) is 16.8. The quantitative estimate of drug-likeness (QED) is 0.406. The fourth-order valence-electron chi connectivity index (χ4n) is 1.98. The molecule has 0 bridgehead atoms. The second-order valence-electron chi connectivity index (χ2n) is 4.67. The molecule has 0 atom stereocenters. The van der Waals surface area contributed by atoms with Crippen molar-refractivity contribution in [3.05, 3.63) is 75.3 Å². The standard InChI is InChI=1S/C17H13N3O3/c1-19-17(21)14-4-2-12(3-5-14)10-15(11-18)13-6-8-16(9-7-13)20(22)23/h2-10H,1H3,(H,19,21)/b15-10-. The first-order valence-electron chi connectivity index (χ1n) is 6.74. The molecule has 23 heavy (non-hydrogen) atoms. The highest BCUT2D eigenvalue weighted by Crippen LogP contribution is 2.21. The Morgan fingerprint density at radius 3 is 2.17 bits per heavy atom. The van der Waals surface area contributed by atoms with Gasteiger partial charge in [-0.05, 0) is 41.5 Å². The average molecular weight is 307 g/mol. The summed E-state index contributed by atoms with van der Waals surface area (Å²) in [7, 11) is 1.55. The van der Waals surface area contributed by atoms with E-state index in [9.17, 15) is 20.2 Å². The minimum atomic E-state index is -0.489. The molecule has 6 heteroatoms. The van der Waals surface area contributed by atoms with E-state index in [0.717, 1.165) is 5.56 Å². The lowest BCUT2D eigenvalue weighted by Gasteiger charge is -2.02. The Morgan fingerprint density at radius 2 is 1.70 bits per heavy atom. The summed E-state index contributed by atoms with van der Waals surface area (Å²) < 4.78 is 0. The topological polar surface area (TPSA) is 96.0 Å². The van der Waals surface area contributed by atoms with E-state index in [2.05, 4.69) is 11.4 Å². The number of carbonyl (C=O) groups is 1. The number of benzene rings is 2. The van der Waals surface area contributed by atoms with Crippen LogP contribution in [0, 0.1) is 21.4 Å². The Bertz CT molecular complexity index is 800. The third-order valence-electron chi connectivity index (χ3n) is 3.22. The Hall–Kier alpha value is -3.46. The molecular formula is C17H13N3O3. The van der Waals surface area contributed by atoms with Crippen molar-refractivity contribution in [2.24, 2.45) is 0 Å². The maximum atomic E-state index is 11.5. The molecule has 1 amide bonds. The smallest absolute Gasteiger partial charge is 0.269 e. The van der Waals surface area contributed by atoms with Crippen LogP contribution in [0.5, 0.6) is 0 Å². The summed E-state index contributed by atoms with van der Waals surface area (Å²) in [5, 5.41) is 22.5. The number of non-ortho nitro benzene ring substituents is 1. The minimum absolute atomic E-state index is 0.0269. The summed E-state index contributed by atoms with van der Waals surface area (Å²) in [4.78, 5) is 21.6. The summed E-state index contributed by atoms with van der Waals surface area (Å²) in [6.07, 6.45) is 1.66. The van der Waals surface area contributed by atoms with Gasteiger partial charge in [0.05, 0.1) is 16.6 Å². The summed E-state index contributed by atoms with van der Waals surface area (Å²) >= 11 is 0.